The van der Waals surface area contributed by atoms with Gasteiger partial charge in [-0.05, 0) is 31.6 Å². The Morgan fingerprint density at radius 3 is 2.50 bits per heavy atom. The van der Waals surface area contributed by atoms with Gasteiger partial charge in [0.2, 0.25) is 0 Å². The molecule has 1 rings (SSSR count). The predicted octanol–water partition coefficient (Wildman–Crippen LogP) is 1.75. The third-order valence-electron chi connectivity index (χ3n) is 2.80. The minimum atomic E-state index is -1.15. The van der Waals surface area contributed by atoms with Crippen LogP contribution in [0.25, 0.3) is 0 Å². The zero-order chi connectivity index (χ0) is 10.6. The topological polar surface area (TPSA) is 52.2 Å². The molecule has 0 bridgehead atoms. The minimum absolute atomic E-state index is 0.109. The Kier molecular flexibility index (Phi) is 4.75. The lowest BCUT2D eigenvalue weighted by atomic mass is 9.91. The summed E-state index contributed by atoms with van der Waals surface area (Å²) < 4.78 is 14.2. The van der Waals surface area contributed by atoms with Crippen molar-refractivity contribution in [2.24, 2.45) is 5.92 Å². The highest BCUT2D eigenvalue weighted by molar-refractivity contribution is 7.90. The number of carbonyl (C=O) groups is 1. The molecule has 1 N–H and O–H groups in total. The molecule has 1 saturated carbocycles. The average Bonchev–Trinajstić information content (AvgIpc) is 2.18. The summed E-state index contributed by atoms with van der Waals surface area (Å²) >= 11 is -1.15. The number of nitrogens with one attached hydrogen (secondary N) is 1. The van der Waals surface area contributed by atoms with Crippen LogP contribution in [-0.2, 0) is 16.2 Å². The smallest absolute Gasteiger partial charge is 0.260 e. The van der Waals surface area contributed by atoms with Gasteiger partial charge in [-0.2, -0.15) is 4.72 Å². The van der Waals surface area contributed by atoms with Crippen molar-refractivity contribution in [2.75, 3.05) is 0 Å². The van der Waals surface area contributed by atoms with Crippen molar-refractivity contribution in [3.63, 3.8) is 0 Å². The van der Waals surface area contributed by atoms with E-state index < -0.39 is 11.4 Å². The van der Waals surface area contributed by atoms with Crippen molar-refractivity contribution in [2.45, 2.75) is 51.2 Å². The average molecular weight is 217 g/mol. The summed E-state index contributed by atoms with van der Waals surface area (Å²) in [6.07, 6.45) is 4.65. The zero-order valence-electron chi connectivity index (χ0n) is 8.91. The second-order valence-corrected chi connectivity index (χ2v) is 5.52. The van der Waals surface area contributed by atoms with Gasteiger partial charge in [-0.1, -0.05) is 13.8 Å². The molecule has 0 aromatic heterocycles. The summed E-state index contributed by atoms with van der Waals surface area (Å²) in [5, 5.41) is 0.182. The van der Waals surface area contributed by atoms with Crippen LogP contribution < -0.4 is 4.72 Å². The molecule has 1 aliphatic rings. The molecule has 0 aliphatic heterocycles. The molecule has 14 heavy (non-hydrogen) atoms. The van der Waals surface area contributed by atoms with Crippen LogP contribution in [0.5, 0.6) is 0 Å². The molecule has 1 atom stereocenters. The molecule has 82 valence electrons. The maximum atomic E-state index is 11.7. The van der Waals surface area contributed by atoms with Crippen LogP contribution in [0.4, 0.5) is 0 Å². The quantitative estimate of drug-likeness (QED) is 0.732. The molecular formula is C10H19NO2S. The fourth-order valence-electron chi connectivity index (χ4n) is 1.71. The second-order valence-electron chi connectivity index (χ2n) is 4.06. The van der Waals surface area contributed by atoms with Crippen LogP contribution in [0.2, 0.25) is 0 Å². The third kappa shape index (κ3) is 3.50. The molecule has 1 unspecified atom stereocenters. The minimum Gasteiger partial charge on any atom is -0.593 e. The van der Waals surface area contributed by atoms with E-state index in [1.54, 1.807) is 6.92 Å². The molecule has 1 amide bonds. The van der Waals surface area contributed by atoms with Crippen LogP contribution >= 0.6 is 0 Å². The number of hydrogen-bond acceptors (Lipinski definition) is 2. The first-order valence-corrected chi connectivity index (χ1v) is 6.54. The molecule has 0 saturated heterocycles. The zero-order valence-corrected chi connectivity index (χ0v) is 9.73. The van der Waals surface area contributed by atoms with E-state index in [0.717, 1.165) is 31.6 Å². The lowest BCUT2D eigenvalue weighted by molar-refractivity contribution is -0.119. The highest BCUT2D eigenvalue weighted by atomic mass is 32.2. The van der Waals surface area contributed by atoms with Crippen LogP contribution in [0, 0.1) is 5.92 Å². The Morgan fingerprint density at radius 1 is 1.43 bits per heavy atom. The van der Waals surface area contributed by atoms with E-state index in [1.807, 2.05) is 0 Å². The first kappa shape index (κ1) is 11.9. The number of amides is 1. The van der Waals surface area contributed by atoms with Crippen molar-refractivity contribution in [3.05, 3.63) is 0 Å². The maximum absolute atomic E-state index is 11.7. The number of rotatable bonds is 3. The summed E-state index contributed by atoms with van der Waals surface area (Å²) in [5.41, 5.74) is 0. The molecule has 3 nitrogen and oxygen atoms in total. The standard InChI is InChI=1S/C10H19NO2S/c1-3-10(12)11-14(13)9-6-4-8(2)5-7-9/h8-9H,3-7H2,1-2H3,(H,11,12). The van der Waals surface area contributed by atoms with Crippen molar-refractivity contribution in [1.82, 2.24) is 4.72 Å². The van der Waals surface area contributed by atoms with Gasteiger partial charge in [0.05, 0.1) is 11.4 Å². The molecule has 0 aromatic carbocycles. The van der Waals surface area contributed by atoms with E-state index in [4.69, 9.17) is 0 Å². The molecule has 0 aromatic rings. The normalized spacial score (nSPS) is 29.6. The second kappa shape index (κ2) is 5.61. The van der Waals surface area contributed by atoms with E-state index in [1.165, 1.54) is 0 Å². The van der Waals surface area contributed by atoms with Crippen LogP contribution in [0.3, 0.4) is 0 Å². The fraction of sp³-hybridized carbons (Fsp3) is 0.900. The van der Waals surface area contributed by atoms with Gasteiger partial charge in [0.25, 0.3) is 5.91 Å². The van der Waals surface area contributed by atoms with Crippen LogP contribution in [0.15, 0.2) is 0 Å². The first-order chi connectivity index (χ1) is 6.63. The van der Waals surface area contributed by atoms with Crippen molar-refractivity contribution in [1.29, 1.82) is 0 Å². The van der Waals surface area contributed by atoms with Gasteiger partial charge >= 0.3 is 0 Å². The molecule has 0 radical (unpaired) electrons. The van der Waals surface area contributed by atoms with Crippen LogP contribution in [-0.4, -0.2) is 15.7 Å². The van der Waals surface area contributed by atoms with Crippen molar-refractivity contribution >= 4 is 17.3 Å². The van der Waals surface area contributed by atoms with E-state index in [-0.39, 0.29) is 11.2 Å². The van der Waals surface area contributed by atoms with Gasteiger partial charge in [-0.3, -0.25) is 4.79 Å². The van der Waals surface area contributed by atoms with E-state index in [2.05, 4.69) is 11.6 Å². The largest absolute Gasteiger partial charge is 0.593 e. The van der Waals surface area contributed by atoms with Gasteiger partial charge in [-0.15, -0.1) is 0 Å². The number of hydrogen-bond donors (Lipinski definition) is 1. The van der Waals surface area contributed by atoms with Gasteiger partial charge in [-0.25, -0.2) is 0 Å². The predicted molar refractivity (Wildman–Crippen MR) is 58.0 cm³/mol. The van der Waals surface area contributed by atoms with Crippen molar-refractivity contribution in [3.8, 4) is 0 Å². The lowest BCUT2D eigenvalue weighted by Gasteiger charge is -2.27. The molecule has 0 spiro atoms. The summed E-state index contributed by atoms with van der Waals surface area (Å²) in [7, 11) is 0. The Labute approximate surface area is 89.0 Å². The SMILES string of the molecule is CCC(=O)N[S+]([O-])C1CCC(C)CC1. The Balaban J connectivity index is 2.30. The van der Waals surface area contributed by atoms with E-state index in [9.17, 15) is 9.35 Å². The Hall–Kier alpha value is -0.220. The molecule has 0 heterocycles. The Bertz CT molecular complexity index is 191. The molecule has 1 fully saturated rings. The van der Waals surface area contributed by atoms with Gasteiger partial charge in [0.15, 0.2) is 0 Å². The third-order valence-corrected chi connectivity index (χ3v) is 4.31. The van der Waals surface area contributed by atoms with E-state index in [0.29, 0.717) is 6.42 Å². The summed E-state index contributed by atoms with van der Waals surface area (Å²) in [6.45, 7) is 4.00. The van der Waals surface area contributed by atoms with Crippen LogP contribution in [0.1, 0.15) is 46.0 Å². The molecule has 4 heteroatoms. The summed E-state index contributed by atoms with van der Waals surface area (Å²) in [6, 6.07) is 0. The molecule has 1 aliphatic carbocycles. The highest BCUT2D eigenvalue weighted by Gasteiger charge is 2.29. The van der Waals surface area contributed by atoms with Gasteiger partial charge in [0, 0.05) is 6.42 Å². The fourth-order valence-corrected chi connectivity index (χ4v) is 2.95. The summed E-state index contributed by atoms with van der Waals surface area (Å²) in [4.78, 5) is 11.0. The summed E-state index contributed by atoms with van der Waals surface area (Å²) in [5.74, 6) is 0.645. The lowest BCUT2D eigenvalue weighted by Crippen LogP contribution is -2.39. The highest BCUT2D eigenvalue weighted by Crippen LogP contribution is 2.27. The van der Waals surface area contributed by atoms with E-state index >= 15 is 0 Å². The monoisotopic (exact) mass is 217 g/mol. The van der Waals surface area contributed by atoms with Crippen molar-refractivity contribution < 1.29 is 9.35 Å². The first-order valence-electron chi connectivity index (χ1n) is 5.33. The number of carbonyl (C=O) groups excluding carboxylic acids is 1. The molecular weight excluding hydrogens is 198 g/mol. The maximum Gasteiger partial charge on any atom is 0.260 e. The van der Waals surface area contributed by atoms with Gasteiger partial charge in [0.1, 0.15) is 5.25 Å². The van der Waals surface area contributed by atoms with Gasteiger partial charge < -0.3 is 4.55 Å². The Morgan fingerprint density at radius 2 is 2.00 bits per heavy atom.